The van der Waals surface area contributed by atoms with E-state index in [9.17, 15) is 0 Å². The van der Waals surface area contributed by atoms with Crippen LogP contribution >= 0.6 is 0 Å². The minimum Gasteiger partial charge on any atom is -0.497 e. The molecule has 0 aliphatic carbocycles. The van der Waals surface area contributed by atoms with E-state index in [0.717, 1.165) is 28.3 Å². The van der Waals surface area contributed by atoms with E-state index in [1.54, 1.807) is 20.5 Å². The highest BCUT2D eigenvalue weighted by atomic mass is 16.5. The Morgan fingerprint density at radius 3 is 2.20 bits per heavy atom. The van der Waals surface area contributed by atoms with Gasteiger partial charge < -0.3 is 14.8 Å². The van der Waals surface area contributed by atoms with Gasteiger partial charge in [-0.05, 0) is 53.6 Å². The molecule has 0 amide bonds. The third-order valence-corrected chi connectivity index (χ3v) is 4.27. The molecule has 2 heterocycles. The Morgan fingerprint density at radius 2 is 1.56 bits per heavy atom. The van der Waals surface area contributed by atoms with Crippen molar-refractivity contribution in [2.24, 2.45) is 0 Å². The maximum Gasteiger partial charge on any atom is 0.226 e. The first-order valence-electron chi connectivity index (χ1n) is 7.95. The van der Waals surface area contributed by atoms with Crippen LogP contribution in [0.3, 0.4) is 0 Å². The quantitative estimate of drug-likeness (QED) is 0.793. The van der Waals surface area contributed by atoms with Gasteiger partial charge in [-0.1, -0.05) is 12.1 Å². The second-order valence-corrected chi connectivity index (χ2v) is 5.68. The van der Waals surface area contributed by atoms with Gasteiger partial charge in [0.05, 0.1) is 14.2 Å². The lowest BCUT2D eigenvalue weighted by molar-refractivity contribution is 0.414. The molecule has 0 bridgehead atoms. The van der Waals surface area contributed by atoms with Crippen molar-refractivity contribution in [3.63, 3.8) is 0 Å². The molecule has 0 fully saturated rings. The maximum atomic E-state index is 5.25. The lowest BCUT2D eigenvalue weighted by Crippen LogP contribution is -2.20. The monoisotopic (exact) mass is 334 g/mol. The average Bonchev–Trinajstić information content (AvgIpc) is 3.16. The molecule has 25 heavy (non-hydrogen) atoms. The van der Waals surface area contributed by atoms with Crippen molar-refractivity contribution in [2.75, 3.05) is 19.5 Å². The van der Waals surface area contributed by atoms with Crippen molar-refractivity contribution in [1.82, 2.24) is 14.8 Å². The summed E-state index contributed by atoms with van der Waals surface area (Å²) in [5, 5.41) is 7.70. The number of hydrogen-bond donors (Lipinski definition) is 1. The van der Waals surface area contributed by atoms with Crippen LogP contribution in [0.2, 0.25) is 0 Å². The molecule has 6 nitrogen and oxygen atoms in total. The predicted molar refractivity (Wildman–Crippen MR) is 95.7 cm³/mol. The highest BCUT2D eigenvalue weighted by molar-refractivity contribution is 5.77. The third kappa shape index (κ3) is 2.82. The molecule has 126 valence electrons. The van der Waals surface area contributed by atoms with Crippen LogP contribution in [0.4, 0.5) is 5.95 Å². The summed E-state index contributed by atoms with van der Waals surface area (Å²) < 4.78 is 12.4. The number of anilines is 1. The van der Waals surface area contributed by atoms with Crippen molar-refractivity contribution in [3.8, 4) is 11.5 Å². The maximum absolute atomic E-state index is 5.25. The van der Waals surface area contributed by atoms with Crippen LogP contribution in [0, 0.1) is 0 Å². The van der Waals surface area contributed by atoms with Crippen LogP contribution in [0.15, 0.2) is 60.9 Å². The lowest BCUT2D eigenvalue weighted by Gasteiger charge is -2.24. The second kappa shape index (κ2) is 6.32. The van der Waals surface area contributed by atoms with Crippen molar-refractivity contribution in [1.29, 1.82) is 0 Å². The standard InChI is InChI=1S/C19H18N4O2/c1-24-15-7-3-13(4-8-15)17-11-18(23-19(22-17)20-12-21-23)14-5-9-16(25-2)10-6-14/h3-12,18H,1-2H3,(H,20,21,22). The van der Waals surface area contributed by atoms with E-state index in [4.69, 9.17) is 9.47 Å². The zero-order chi connectivity index (χ0) is 17.2. The van der Waals surface area contributed by atoms with E-state index in [2.05, 4.69) is 21.5 Å². The van der Waals surface area contributed by atoms with E-state index in [1.165, 1.54) is 0 Å². The van der Waals surface area contributed by atoms with Gasteiger partial charge in [0.1, 0.15) is 23.9 Å². The van der Waals surface area contributed by atoms with Gasteiger partial charge >= 0.3 is 0 Å². The van der Waals surface area contributed by atoms with Crippen molar-refractivity contribution in [2.45, 2.75) is 6.04 Å². The summed E-state index contributed by atoms with van der Waals surface area (Å²) in [6, 6.07) is 15.9. The average molecular weight is 334 g/mol. The van der Waals surface area contributed by atoms with Gasteiger partial charge in [0.2, 0.25) is 5.95 Å². The Hall–Kier alpha value is -3.28. The molecule has 3 aromatic rings. The topological polar surface area (TPSA) is 61.2 Å². The van der Waals surface area contributed by atoms with Gasteiger partial charge in [0.15, 0.2) is 0 Å². The van der Waals surface area contributed by atoms with Crippen LogP contribution in [-0.2, 0) is 0 Å². The number of benzene rings is 2. The molecule has 1 aliphatic rings. The van der Waals surface area contributed by atoms with E-state index >= 15 is 0 Å². The number of nitrogens with zero attached hydrogens (tertiary/aromatic N) is 3. The zero-order valence-electron chi connectivity index (χ0n) is 14.0. The van der Waals surface area contributed by atoms with Crippen molar-refractivity contribution < 1.29 is 9.47 Å². The molecular formula is C19H18N4O2. The molecule has 0 saturated carbocycles. The molecule has 0 radical (unpaired) electrons. The predicted octanol–water partition coefficient (Wildman–Crippen LogP) is 3.35. The summed E-state index contributed by atoms with van der Waals surface area (Å²) in [4.78, 5) is 4.33. The number of ether oxygens (including phenoxy) is 2. The van der Waals surface area contributed by atoms with Crippen LogP contribution in [0.5, 0.6) is 11.5 Å². The molecule has 1 atom stereocenters. The van der Waals surface area contributed by atoms with E-state index in [1.807, 2.05) is 53.2 Å². The number of rotatable bonds is 4. The number of methoxy groups -OCH3 is 2. The van der Waals surface area contributed by atoms with Gasteiger partial charge in [-0.3, -0.25) is 0 Å². The highest BCUT2D eigenvalue weighted by Gasteiger charge is 2.23. The summed E-state index contributed by atoms with van der Waals surface area (Å²) >= 11 is 0. The summed E-state index contributed by atoms with van der Waals surface area (Å²) in [7, 11) is 3.33. The fraction of sp³-hybridized carbons (Fsp3) is 0.158. The van der Waals surface area contributed by atoms with E-state index in [0.29, 0.717) is 5.95 Å². The van der Waals surface area contributed by atoms with E-state index < -0.39 is 0 Å². The fourth-order valence-corrected chi connectivity index (χ4v) is 2.91. The third-order valence-electron chi connectivity index (χ3n) is 4.27. The second-order valence-electron chi connectivity index (χ2n) is 5.68. The number of aromatic nitrogens is 3. The SMILES string of the molecule is COc1ccc(C2=CC(c3ccc(OC)cc3)n3ncnc3N2)cc1. The molecule has 1 aromatic heterocycles. The number of allylic oxidation sites excluding steroid dienone is 1. The highest BCUT2D eigenvalue weighted by Crippen LogP contribution is 2.32. The summed E-state index contributed by atoms with van der Waals surface area (Å²) in [5.74, 6) is 2.38. The first kappa shape index (κ1) is 15.3. The molecule has 4 rings (SSSR count). The fourth-order valence-electron chi connectivity index (χ4n) is 2.91. The summed E-state index contributed by atoms with van der Waals surface area (Å²) in [6.07, 6.45) is 3.70. The Balaban J connectivity index is 1.74. The Kier molecular flexibility index (Phi) is 3.85. The largest absolute Gasteiger partial charge is 0.497 e. The van der Waals surface area contributed by atoms with Gasteiger partial charge in [0.25, 0.3) is 0 Å². The number of nitrogens with one attached hydrogen (secondary N) is 1. The first-order chi connectivity index (χ1) is 12.3. The smallest absolute Gasteiger partial charge is 0.226 e. The molecule has 2 aromatic carbocycles. The van der Waals surface area contributed by atoms with Crippen molar-refractivity contribution >= 4 is 11.6 Å². The molecule has 1 unspecified atom stereocenters. The van der Waals surface area contributed by atoms with Crippen LogP contribution in [0.1, 0.15) is 17.2 Å². The van der Waals surface area contributed by atoms with Gasteiger partial charge in [-0.15, -0.1) is 0 Å². The van der Waals surface area contributed by atoms with Gasteiger partial charge in [-0.2, -0.15) is 10.1 Å². The van der Waals surface area contributed by atoms with Crippen LogP contribution in [-0.4, -0.2) is 29.0 Å². The molecule has 1 N–H and O–H groups in total. The molecule has 0 saturated heterocycles. The number of hydrogen-bond acceptors (Lipinski definition) is 5. The minimum absolute atomic E-state index is 0.0400. The van der Waals surface area contributed by atoms with Gasteiger partial charge in [-0.25, -0.2) is 4.68 Å². The molecule has 6 heteroatoms. The Morgan fingerprint density at radius 1 is 0.920 bits per heavy atom. The summed E-state index contributed by atoms with van der Waals surface area (Å²) in [6.45, 7) is 0. The lowest BCUT2D eigenvalue weighted by atomic mass is 10.0. The minimum atomic E-state index is -0.0400. The molecular weight excluding hydrogens is 316 g/mol. The molecule has 1 aliphatic heterocycles. The Labute approximate surface area is 145 Å². The normalized spacial score (nSPS) is 15.8. The number of fused-ring (bicyclic) bond motifs is 1. The zero-order valence-corrected chi connectivity index (χ0v) is 14.0. The van der Waals surface area contributed by atoms with Crippen LogP contribution in [0.25, 0.3) is 5.70 Å². The Bertz CT molecular complexity index is 898. The van der Waals surface area contributed by atoms with Crippen molar-refractivity contribution in [3.05, 3.63) is 72.1 Å². The summed E-state index contributed by atoms with van der Waals surface area (Å²) in [5.41, 5.74) is 3.16. The first-order valence-corrected chi connectivity index (χ1v) is 7.95. The van der Waals surface area contributed by atoms with Crippen LogP contribution < -0.4 is 14.8 Å². The molecule has 0 spiro atoms. The van der Waals surface area contributed by atoms with Gasteiger partial charge in [0, 0.05) is 5.70 Å². The van der Waals surface area contributed by atoms with E-state index in [-0.39, 0.29) is 6.04 Å².